The molecular formula is C14H11N3O3. The minimum absolute atomic E-state index is 0.0574. The lowest BCUT2D eigenvalue weighted by Crippen LogP contribution is -2.00. The van der Waals surface area contributed by atoms with Crippen LogP contribution >= 0.6 is 0 Å². The quantitative estimate of drug-likeness (QED) is 0.580. The lowest BCUT2D eigenvalue weighted by Gasteiger charge is -2.08. The van der Waals surface area contributed by atoms with Crippen molar-refractivity contribution < 1.29 is 9.34 Å². The molecule has 0 amide bonds. The molecule has 0 spiro atoms. The second-order valence-corrected chi connectivity index (χ2v) is 4.27. The van der Waals surface area contributed by atoms with Gasteiger partial charge in [-0.2, -0.15) is 0 Å². The van der Waals surface area contributed by atoms with E-state index in [1.54, 1.807) is 36.9 Å². The summed E-state index contributed by atoms with van der Waals surface area (Å²) < 4.78 is 5.00. The molecule has 3 rings (SSSR count). The first-order valence-corrected chi connectivity index (χ1v) is 6.03. The second kappa shape index (κ2) is 5.00. The van der Waals surface area contributed by atoms with E-state index in [2.05, 4.69) is 10.3 Å². The number of nitro groups is 1. The highest BCUT2D eigenvalue weighted by Gasteiger charge is 2.14. The van der Waals surface area contributed by atoms with Crippen molar-refractivity contribution in [1.82, 2.24) is 4.98 Å². The third kappa shape index (κ3) is 2.18. The average Bonchev–Trinajstić information content (AvgIpc) is 2.97. The number of aromatic nitrogens is 1. The van der Waals surface area contributed by atoms with Crippen LogP contribution in [0.3, 0.4) is 0 Å². The van der Waals surface area contributed by atoms with Gasteiger partial charge >= 0.3 is 0 Å². The van der Waals surface area contributed by atoms with Crippen LogP contribution in [-0.4, -0.2) is 9.91 Å². The minimum atomic E-state index is -0.399. The molecule has 0 bridgehead atoms. The van der Waals surface area contributed by atoms with E-state index in [9.17, 15) is 10.1 Å². The molecule has 20 heavy (non-hydrogen) atoms. The number of rotatable bonds is 4. The van der Waals surface area contributed by atoms with Crippen LogP contribution in [0.2, 0.25) is 0 Å². The summed E-state index contributed by atoms with van der Waals surface area (Å²) in [7, 11) is 0. The van der Waals surface area contributed by atoms with E-state index < -0.39 is 4.92 Å². The normalized spacial score (nSPS) is 10.6. The summed E-state index contributed by atoms with van der Waals surface area (Å²) in [6, 6.07) is 8.40. The number of nitro benzene ring substituents is 1. The minimum Gasteiger partial charge on any atom is -0.472 e. The van der Waals surface area contributed by atoms with Crippen LogP contribution in [0.5, 0.6) is 0 Å². The summed E-state index contributed by atoms with van der Waals surface area (Å²) in [6.07, 6.45) is 4.87. The Morgan fingerprint density at radius 3 is 2.95 bits per heavy atom. The van der Waals surface area contributed by atoms with Gasteiger partial charge in [0, 0.05) is 24.4 Å². The molecule has 6 heteroatoms. The summed E-state index contributed by atoms with van der Waals surface area (Å²) >= 11 is 0. The molecule has 0 unspecified atom stereocenters. The van der Waals surface area contributed by atoms with Crippen molar-refractivity contribution in [2.75, 3.05) is 5.32 Å². The van der Waals surface area contributed by atoms with E-state index >= 15 is 0 Å². The van der Waals surface area contributed by atoms with Gasteiger partial charge in [-0.25, -0.2) is 0 Å². The highest BCUT2D eigenvalue weighted by molar-refractivity contribution is 5.96. The van der Waals surface area contributed by atoms with Crippen molar-refractivity contribution >= 4 is 22.3 Å². The van der Waals surface area contributed by atoms with Gasteiger partial charge in [0.05, 0.1) is 28.5 Å². The van der Waals surface area contributed by atoms with E-state index in [4.69, 9.17) is 4.42 Å². The van der Waals surface area contributed by atoms with Gasteiger partial charge in [-0.05, 0) is 24.3 Å². The number of furan rings is 1. The maximum atomic E-state index is 11.0. The summed E-state index contributed by atoms with van der Waals surface area (Å²) in [5.41, 5.74) is 2.40. The monoisotopic (exact) mass is 269 g/mol. The Labute approximate surface area is 114 Å². The number of nitrogens with zero attached hydrogens (tertiary/aromatic N) is 2. The van der Waals surface area contributed by atoms with Crippen LogP contribution < -0.4 is 5.32 Å². The molecule has 0 saturated carbocycles. The maximum Gasteiger partial charge on any atom is 0.278 e. The van der Waals surface area contributed by atoms with Crippen molar-refractivity contribution in [3.8, 4) is 0 Å². The Hall–Kier alpha value is -2.89. The van der Waals surface area contributed by atoms with Gasteiger partial charge in [0.15, 0.2) is 0 Å². The lowest BCUT2D eigenvalue weighted by atomic mass is 10.1. The van der Waals surface area contributed by atoms with Crippen molar-refractivity contribution in [2.45, 2.75) is 6.54 Å². The predicted molar refractivity (Wildman–Crippen MR) is 74.4 cm³/mol. The molecule has 2 heterocycles. The molecule has 0 aliphatic heterocycles. The first-order chi connectivity index (χ1) is 9.75. The average molecular weight is 269 g/mol. The number of pyridine rings is 1. The molecular weight excluding hydrogens is 258 g/mol. The Morgan fingerprint density at radius 2 is 2.20 bits per heavy atom. The van der Waals surface area contributed by atoms with Crippen LogP contribution in [-0.2, 0) is 6.54 Å². The Morgan fingerprint density at radius 1 is 1.30 bits per heavy atom. The van der Waals surface area contributed by atoms with Crippen LogP contribution in [0.25, 0.3) is 10.9 Å². The predicted octanol–water partition coefficient (Wildman–Crippen LogP) is 3.35. The van der Waals surface area contributed by atoms with Gasteiger partial charge in [-0.15, -0.1) is 0 Å². The summed E-state index contributed by atoms with van der Waals surface area (Å²) in [4.78, 5) is 14.9. The first kappa shape index (κ1) is 12.2. The fourth-order valence-corrected chi connectivity index (χ4v) is 2.05. The molecule has 100 valence electrons. The number of hydrogen-bond acceptors (Lipinski definition) is 5. The third-order valence-electron chi connectivity index (χ3n) is 3.01. The summed E-state index contributed by atoms with van der Waals surface area (Å²) in [5, 5.41) is 14.7. The number of anilines is 1. The van der Waals surface area contributed by atoms with Gasteiger partial charge in [-0.3, -0.25) is 15.1 Å². The lowest BCUT2D eigenvalue weighted by molar-refractivity contribution is -0.383. The smallest absolute Gasteiger partial charge is 0.278 e. The number of hydrogen-bond donors (Lipinski definition) is 1. The van der Waals surface area contributed by atoms with E-state index in [1.807, 2.05) is 6.07 Å². The number of fused-ring (bicyclic) bond motifs is 1. The van der Waals surface area contributed by atoms with E-state index in [1.165, 1.54) is 6.07 Å². The van der Waals surface area contributed by atoms with E-state index in [0.29, 0.717) is 17.4 Å². The van der Waals surface area contributed by atoms with E-state index in [0.717, 1.165) is 11.3 Å². The van der Waals surface area contributed by atoms with Gasteiger partial charge < -0.3 is 9.73 Å². The highest BCUT2D eigenvalue weighted by atomic mass is 16.6. The Kier molecular flexibility index (Phi) is 3.04. The van der Waals surface area contributed by atoms with Gasteiger partial charge in [0.2, 0.25) is 0 Å². The Bertz CT molecular complexity index is 753. The summed E-state index contributed by atoms with van der Waals surface area (Å²) in [6.45, 7) is 0.569. The van der Waals surface area contributed by atoms with E-state index in [-0.39, 0.29) is 5.69 Å². The van der Waals surface area contributed by atoms with Crippen molar-refractivity contribution in [3.05, 3.63) is 64.7 Å². The first-order valence-electron chi connectivity index (χ1n) is 6.03. The third-order valence-corrected chi connectivity index (χ3v) is 3.01. The second-order valence-electron chi connectivity index (χ2n) is 4.27. The molecule has 0 radical (unpaired) electrons. The molecule has 1 aromatic carbocycles. The number of nitrogens with one attached hydrogen (secondary N) is 1. The molecule has 1 N–H and O–H groups in total. The van der Waals surface area contributed by atoms with Crippen LogP contribution in [0.1, 0.15) is 5.56 Å². The fraction of sp³-hybridized carbons (Fsp3) is 0.0714. The van der Waals surface area contributed by atoms with Crippen molar-refractivity contribution in [1.29, 1.82) is 0 Å². The zero-order chi connectivity index (χ0) is 13.9. The van der Waals surface area contributed by atoms with Crippen molar-refractivity contribution in [2.24, 2.45) is 0 Å². The molecule has 2 aromatic heterocycles. The SMILES string of the molecule is O=[N+]([O-])c1ccc(NCc2ccoc2)c2ncccc12. The van der Waals surface area contributed by atoms with Crippen LogP contribution in [0, 0.1) is 10.1 Å². The number of benzene rings is 1. The van der Waals surface area contributed by atoms with Gasteiger partial charge in [-0.1, -0.05) is 0 Å². The van der Waals surface area contributed by atoms with Crippen molar-refractivity contribution in [3.63, 3.8) is 0 Å². The molecule has 6 nitrogen and oxygen atoms in total. The topological polar surface area (TPSA) is 81.2 Å². The fourth-order valence-electron chi connectivity index (χ4n) is 2.05. The van der Waals surface area contributed by atoms with Gasteiger partial charge in [0.25, 0.3) is 5.69 Å². The maximum absolute atomic E-state index is 11.0. The molecule has 3 aromatic rings. The van der Waals surface area contributed by atoms with Gasteiger partial charge in [0.1, 0.15) is 5.52 Å². The zero-order valence-electron chi connectivity index (χ0n) is 10.4. The largest absolute Gasteiger partial charge is 0.472 e. The molecule has 0 aliphatic rings. The van der Waals surface area contributed by atoms with Crippen LogP contribution in [0.4, 0.5) is 11.4 Å². The number of non-ortho nitro benzene ring substituents is 1. The summed E-state index contributed by atoms with van der Waals surface area (Å²) in [5.74, 6) is 0. The molecule has 0 saturated heterocycles. The molecule has 0 aliphatic carbocycles. The van der Waals surface area contributed by atoms with Crippen LogP contribution in [0.15, 0.2) is 53.5 Å². The zero-order valence-corrected chi connectivity index (χ0v) is 10.4. The standard InChI is InChI=1S/C14H11N3O3/c18-17(19)13-4-3-12(14-11(13)2-1-6-15-14)16-8-10-5-7-20-9-10/h1-7,9,16H,8H2. The highest BCUT2D eigenvalue weighted by Crippen LogP contribution is 2.29. The molecule has 0 atom stereocenters. The Balaban J connectivity index is 1.99. The molecule has 0 fully saturated rings.